The standard InChI is InChI=1S/C14H16N2O5/c1-8-3-4-10(7-11(8)16(20)21)13(17)15-6-5-9(2)12(15)14(18)19/h3-4,7,9,12H,5-6H2,1-2H3,(H,18,19). The highest BCUT2D eigenvalue weighted by Gasteiger charge is 2.40. The second-order valence-electron chi connectivity index (χ2n) is 5.31. The number of amides is 1. The van der Waals surface area contributed by atoms with Gasteiger partial charge in [0.05, 0.1) is 4.92 Å². The van der Waals surface area contributed by atoms with E-state index in [2.05, 4.69) is 0 Å². The van der Waals surface area contributed by atoms with E-state index in [9.17, 15) is 24.8 Å². The number of aliphatic carboxylic acids is 1. The maximum absolute atomic E-state index is 12.4. The van der Waals surface area contributed by atoms with E-state index >= 15 is 0 Å². The molecule has 1 aromatic rings. The number of carboxylic acids is 1. The third-order valence-electron chi connectivity index (χ3n) is 3.87. The molecule has 1 heterocycles. The van der Waals surface area contributed by atoms with Crippen molar-refractivity contribution in [3.8, 4) is 0 Å². The highest BCUT2D eigenvalue weighted by atomic mass is 16.6. The van der Waals surface area contributed by atoms with Gasteiger partial charge in [0.25, 0.3) is 11.6 Å². The van der Waals surface area contributed by atoms with Gasteiger partial charge in [-0.15, -0.1) is 0 Å². The molecule has 0 bridgehead atoms. The number of hydrogen-bond donors (Lipinski definition) is 1. The zero-order chi connectivity index (χ0) is 15.7. The van der Waals surface area contributed by atoms with Crippen LogP contribution < -0.4 is 0 Å². The van der Waals surface area contributed by atoms with Crippen molar-refractivity contribution < 1.29 is 19.6 Å². The molecule has 0 spiro atoms. The summed E-state index contributed by atoms with van der Waals surface area (Å²) in [6.45, 7) is 3.71. The van der Waals surface area contributed by atoms with E-state index in [4.69, 9.17) is 0 Å². The lowest BCUT2D eigenvalue weighted by atomic mass is 10.0. The lowest BCUT2D eigenvalue weighted by molar-refractivity contribution is -0.385. The Labute approximate surface area is 121 Å². The minimum Gasteiger partial charge on any atom is -0.480 e. The second-order valence-corrected chi connectivity index (χ2v) is 5.31. The molecule has 2 unspecified atom stereocenters. The predicted octanol–water partition coefficient (Wildman–Crippen LogP) is 1.84. The number of benzene rings is 1. The van der Waals surface area contributed by atoms with Gasteiger partial charge in [-0.2, -0.15) is 0 Å². The van der Waals surface area contributed by atoms with Crippen LogP contribution in [0, 0.1) is 23.0 Å². The lowest BCUT2D eigenvalue weighted by Crippen LogP contribution is -2.42. The summed E-state index contributed by atoms with van der Waals surface area (Å²) in [4.78, 5) is 35.4. The summed E-state index contributed by atoms with van der Waals surface area (Å²) >= 11 is 0. The Morgan fingerprint density at radius 3 is 2.67 bits per heavy atom. The molecular formula is C14H16N2O5. The summed E-state index contributed by atoms with van der Waals surface area (Å²) in [5, 5.41) is 20.2. The van der Waals surface area contributed by atoms with Crippen LogP contribution in [0.1, 0.15) is 29.3 Å². The Morgan fingerprint density at radius 1 is 1.43 bits per heavy atom. The number of carbonyl (C=O) groups excluding carboxylic acids is 1. The van der Waals surface area contributed by atoms with E-state index in [1.165, 1.54) is 23.1 Å². The average Bonchev–Trinajstić information content (AvgIpc) is 2.80. The molecule has 7 nitrogen and oxygen atoms in total. The number of carbonyl (C=O) groups is 2. The molecule has 2 atom stereocenters. The van der Waals surface area contributed by atoms with E-state index in [-0.39, 0.29) is 17.2 Å². The summed E-state index contributed by atoms with van der Waals surface area (Å²) in [7, 11) is 0. The first-order valence-corrected chi connectivity index (χ1v) is 6.61. The average molecular weight is 292 g/mol. The number of hydrogen-bond acceptors (Lipinski definition) is 4. The predicted molar refractivity (Wildman–Crippen MR) is 74.1 cm³/mol. The van der Waals surface area contributed by atoms with Gasteiger partial charge in [-0.3, -0.25) is 14.9 Å². The Morgan fingerprint density at radius 2 is 2.10 bits per heavy atom. The zero-order valence-electron chi connectivity index (χ0n) is 11.8. The van der Waals surface area contributed by atoms with Gasteiger partial charge in [0.1, 0.15) is 6.04 Å². The summed E-state index contributed by atoms with van der Waals surface area (Å²) in [6, 6.07) is 3.32. The maximum atomic E-state index is 12.4. The van der Waals surface area contributed by atoms with Crippen LogP contribution in [-0.4, -0.2) is 39.4 Å². The van der Waals surface area contributed by atoms with Crippen molar-refractivity contribution in [3.05, 3.63) is 39.4 Å². The Bertz CT molecular complexity index is 613. The van der Waals surface area contributed by atoms with Crippen LogP contribution in [-0.2, 0) is 4.79 Å². The van der Waals surface area contributed by atoms with Crippen LogP contribution in [0.4, 0.5) is 5.69 Å². The molecule has 0 saturated carbocycles. The Hall–Kier alpha value is -2.44. The fraction of sp³-hybridized carbons (Fsp3) is 0.429. The molecule has 1 aliphatic rings. The van der Waals surface area contributed by atoms with Gasteiger partial charge in [-0.25, -0.2) is 4.79 Å². The largest absolute Gasteiger partial charge is 0.480 e. The van der Waals surface area contributed by atoms with Crippen molar-refractivity contribution in [1.29, 1.82) is 0 Å². The Kier molecular flexibility index (Phi) is 3.93. The van der Waals surface area contributed by atoms with E-state index in [1.54, 1.807) is 13.8 Å². The van der Waals surface area contributed by atoms with Gasteiger partial charge < -0.3 is 10.0 Å². The molecule has 1 N–H and O–H groups in total. The van der Waals surface area contributed by atoms with Crippen LogP contribution in [0.2, 0.25) is 0 Å². The first-order valence-electron chi connectivity index (χ1n) is 6.61. The molecule has 1 fully saturated rings. The normalized spacial score (nSPS) is 21.3. The molecule has 0 radical (unpaired) electrons. The van der Waals surface area contributed by atoms with Gasteiger partial charge in [0.15, 0.2) is 0 Å². The van der Waals surface area contributed by atoms with E-state index in [0.717, 1.165) is 0 Å². The van der Waals surface area contributed by atoms with E-state index < -0.39 is 22.8 Å². The molecule has 1 aliphatic heterocycles. The smallest absolute Gasteiger partial charge is 0.326 e. The molecule has 21 heavy (non-hydrogen) atoms. The van der Waals surface area contributed by atoms with Crippen LogP contribution in [0.15, 0.2) is 18.2 Å². The third kappa shape index (κ3) is 2.72. The summed E-state index contributed by atoms with van der Waals surface area (Å²) in [6.07, 6.45) is 0.608. The number of likely N-dealkylation sites (tertiary alicyclic amines) is 1. The monoisotopic (exact) mass is 292 g/mol. The van der Waals surface area contributed by atoms with Crippen LogP contribution in [0.25, 0.3) is 0 Å². The fourth-order valence-corrected chi connectivity index (χ4v) is 2.66. The molecule has 0 aliphatic carbocycles. The first-order chi connectivity index (χ1) is 9.82. The fourth-order valence-electron chi connectivity index (χ4n) is 2.66. The molecule has 1 amide bonds. The van der Waals surface area contributed by atoms with Crippen molar-refractivity contribution in [2.45, 2.75) is 26.3 Å². The molecule has 2 rings (SSSR count). The summed E-state index contributed by atoms with van der Waals surface area (Å²) in [5.41, 5.74) is 0.466. The number of carboxylic acid groups (broad SMARTS) is 1. The number of aryl methyl sites for hydroxylation is 1. The molecule has 112 valence electrons. The zero-order valence-corrected chi connectivity index (χ0v) is 11.8. The second kappa shape index (κ2) is 5.51. The molecule has 1 saturated heterocycles. The minimum atomic E-state index is -1.05. The van der Waals surface area contributed by atoms with Crippen molar-refractivity contribution in [3.63, 3.8) is 0 Å². The van der Waals surface area contributed by atoms with Gasteiger partial charge >= 0.3 is 5.97 Å². The lowest BCUT2D eigenvalue weighted by Gasteiger charge is -2.23. The number of nitro groups is 1. The highest BCUT2D eigenvalue weighted by molar-refractivity contribution is 5.97. The van der Waals surface area contributed by atoms with Crippen LogP contribution in [0.3, 0.4) is 0 Å². The van der Waals surface area contributed by atoms with E-state index in [0.29, 0.717) is 18.5 Å². The molecular weight excluding hydrogens is 276 g/mol. The molecule has 0 aromatic heterocycles. The summed E-state index contributed by atoms with van der Waals surface area (Å²) < 4.78 is 0. The SMILES string of the molecule is Cc1ccc(C(=O)N2CCC(C)C2C(=O)O)cc1[N+](=O)[O-]. The van der Waals surface area contributed by atoms with Gasteiger partial charge in [-0.1, -0.05) is 13.0 Å². The van der Waals surface area contributed by atoms with Crippen LogP contribution in [0.5, 0.6) is 0 Å². The van der Waals surface area contributed by atoms with Crippen LogP contribution >= 0.6 is 0 Å². The maximum Gasteiger partial charge on any atom is 0.326 e. The first kappa shape index (κ1) is 15.0. The van der Waals surface area contributed by atoms with Crippen molar-refractivity contribution >= 4 is 17.6 Å². The number of nitrogens with zero attached hydrogens (tertiary/aromatic N) is 2. The Balaban J connectivity index is 2.34. The van der Waals surface area contributed by atoms with Gasteiger partial charge in [0, 0.05) is 23.7 Å². The molecule has 1 aromatic carbocycles. The van der Waals surface area contributed by atoms with E-state index in [1.807, 2.05) is 0 Å². The third-order valence-corrected chi connectivity index (χ3v) is 3.87. The topological polar surface area (TPSA) is 101 Å². The van der Waals surface area contributed by atoms with Crippen molar-refractivity contribution in [1.82, 2.24) is 4.90 Å². The quantitative estimate of drug-likeness (QED) is 0.676. The van der Waals surface area contributed by atoms with Crippen molar-refractivity contribution in [2.24, 2.45) is 5.92 Å². The van der Waals surface area contributed by atoms with Crippen molar-refractivity contribution in [2.75, 3.05) is 6.54 Å². The minimum absolute atomic E-state index is 0.133. The number of nitro benzene ring substituents is 1. The molecule has 7 heteroatoms. The van der Waals surface area contributed by atoms with Gasteiger partial charge in [0.2, 0.25) is 0 Å². The summed E-state index contributed by atoms with van der Waals surface area (Å²) in [5.74, 6) is -1.66. The van der Waals surface area contributed by atoms with Gasteiger partial charge in [-0.05, 0) is 25.3 Å². The highest BCUT2D eigenvalue weighted by Crippen LogP contribution is 2.27. The number of rotatable bonds is 3.